The quantitative estimate of drug-likeness (QED) is 0.405. The minimum Gasteiger partial charge on any atom is -0.379 e. The topological polar surface area (TPSA) is 85.9 Å². The zero-order valence-corrected chi connectivity index (χ0v) is 15.3. The van der Waals surface area contributed by atoms with Gasteiger partial charge in [0.15, 0.2) is 0 Å². The lowest BCUT2D eigenvalue weighted by atomic mass is 10.2. The van der Waals surface area contributed by atoms with Gasteiger partial charge in [0.05, 0.1) is 19.3 Å². The predicted octanol–water partition coefficient (Wildman–Crippen LogP) is 1.92. The second-order valence-corrected chi connectivity index (χ2v) is 6.37. The number of hydrogen-bond acceptors (Lipinski definition) is 6. The van der Waals surface area contributed by atoms with Crippen LogP contribution in [0.4, 0.5) is 4.39 Å². The van der Waals surface area contributed by atoms with Crippen LogP contribution in [0.3, 0.4) is 0 Å². The van der Waals surface area contributed by atoms with Crippen LogP contribution in [0, 0.1) is 5.82 Å². The van der Waals surface area contributed by atoms with E-state index in [1.54, 1.807) is 19.2 Å². The first-order valence-electron chi connectivity index (χ1n) is 7.86. The highest BCUT2D eigenvalue weighted by Gasteiger charge is 2.15. The molecule has 0 aliphatic heterocycles. The van der Waals surface area contributed by atoms with Crippen LogP contribution in [0.15, 0.2) is 24.3 Å². The highest BCUT2D eigenvalue weighted by Crippen LogP contribution is 2.33. The summed E-state index contributed by atoms with van der Waals surface area (Å²) in [6.45, 7) is 2.37. The van der Waals surface area contributed by atoms with Gasteiger partial charge in [0.1, 0.15) is 18.7 Å². The number of carbonyl (C=O) groups is 2. The average Bonchev–Trinajstić information content (AvgIpc) is 2.63. The van der Waals surface area contributed by atoms with E-state index >= 15 is 0 Å². The summed E-state index contributed by atoms with van der Waals surface area (Å²) in [4.78, 5) is 22.3. The van der Waals surface area contributed by atoms with Crippen molar-refractivity contribution >= 4 is 20.7 Å². The summed E-state index contributed by atoms with van der Waals surface area (Å²) in [5.41, 5.74) is 0.776. The number of amides is 1. The number of rotatable bonds is 13. The van der Waals surface area contributed by atoms with Crippen LogP contribution < -0.4 is 10.4 Å². The number of ether oxygens (including phenoxy) is 1. The Morgan fingerprint density at radius 3 is 2.64 bits per heavy atom. The van der Waals surface area contributed by atoms with Gasteiger partial charge < -0.3 is 23.9 Å². The molecular formula is C16H24FN2O5P. The first kappa shape index (κ1) is 21.6. The van der Waals surface area contributed by atoms with E-state index < -0.39 is 8.53 Å². The summed E-state index contributed by atoms with van der Waals surface area (Å²) >= 11 is 0. The van der Waals surface area contributed by atoms with Crippen LogP contribution >= 0.6 is 8.53 Å². The fraction of sp³-hybridized carbons (Fsp3) is 0.500. The molecule has 0 saturated heterocycles. The van der Waals surface area contributed by atoms with Gasteiger partial charge in [0.25, 0.3) is 8.53 Å². The van der Waals surface area contributed by atoms with Gasteiger partial charge in [0, 0.05) is 13.7 Å². The maximum absolute atomic E-state index is 12.8. The van der Waals surface area contributed by atoms with Crippen molar-refractivity contribution in [3.63, 3.8) is 0 Å². The molecule has 0 aromatic heterocycles. The van der Waals surface area contributed by atoms with Gasteiger partial charge in [-0.1, -0.05) is 19.1 Å². The van der Waals surface area contributed by atoms with Gasteiger partial charge in [-0.2, -0.15) is 0 Å². The van der Waals surface area contributed by atoms with E-state index in [4.69, 9.17) is 13.8 Å². The number of halogens is 1. The Balaban J connectivity index is 2.36. The van der Waals surface area contributed by atoms with E-state index in [1.165, 1.54) is 12.1 Å². The molecule has 0 aliphatic rings. The van der Waals surface area contributed by atoms with Crippen molar-refractivity contribution in [3.8, 4) is 0 Å². The fourth-order valence-corrected chi connectivity index (χ4v) is 2.73. The number of benzene rings is 1. The van der Waals surface area contributed by atoms with Crippen LogP contribution in [0.2, 0.25) is 0 Å². The van der Waals surface area contributed by atoms with E-state index in [1.807, 2.05) is 6.92 Å². The standard InChI is InChI=1S/C16H24FN2O5P/c1-3-15(22-2)11-23-25(19-8-9-20)24-12-16(21)18-10-13-4-6-14(17)7-5-13/h4-7,9,15,19H,3,8,10-12H2,1-2H3,(H,18,21). The normalized spacial score (nSPS) is 13.2. The molecule has 0 spiro atoms. The number of hydrogen-bond donors (Lipinski definition) is 2. The lowest BCUT2D eigenvalue weighted by Gasteiger charge is -2.20. The summed E-state index contributed by atoms with van der Waals surface area (Å²) in [7, 11) is 0.00174. The third kappa shape index (κ3) is 9.57. The summed E-state index contributed by atoms with van der Waals surface area (Å²) in [6.07, 6.45) is 1.37. The van der Waals surface area contributed by atoms with Crippen LogP contribution in [0.1, 0.15) is 18.9 Å². The molecule has 1 aromatic rings. The molecule has 9 heteroatoms. The molecule has 25 heavy (non-hydrogen) atoms. The van der Waals surface area contributed by atoms with Gasteiger partial charge in [-0.05, 0) is 24.1 Å². The van der Waals surface area contributed by atoms with Crippen LogP contribution in [-0.2, 0) is 29.9 Å². The van der Waals surface area contributed by atoms with Crippen LogP contribution in [0.25, 0.3) is 0 Å². The molecule has 2 N–H and O–H groups in total. The van der Waals surface area contributed by atoms with Gasteiger partial charge in [-0.3, -0.25) is 4.79 Å². The third-order valence-corrected chi connectivity index (χ3v) is 4.37. The Kier molecular flexibility index (Phi) is 11.1. The first-order valence-corrected chi connectivity index (χ1v) is 9.03. The van der Waals surface area contributed by atoms with Gasteiger partial charge in [0.2, 0.25) is 5.91 Å². The zero-order valence-electron chi connectivity index (χ0n) is 14.4. The molecule has 1 amide bonds. The molecule has 1 aromatic carbocycles. The van der Waals surface area contributed by atoms with Crippen LogP contribution in [-0.4, -0.2) is 45.2 Å². The maximum Gasteiger partial charge on any atom is 0.256 e. The van der Waals surface area contributed by atoms with Crippen molar-refractivity contribution in [1.29, 1.82) is 0 Å². The summed E-state index contributed by atoms with van der Waals surface area (Å²) in [5.74, 6) is -0.670. The minimum absolute atomic E-state index is 0.0622. The molecule has 2 atom stereocenters. The molecule has 0 fully saturated rings. The first-order chi connectivity index (χ1) is 12.1. The van der Waals surface area contributed by atoms with E-state index in [2.05, 4.69) is 10.4 Å². The van der Waals surface area contributed by atoms with Crippen molar-refractivity contribution in [2.75, 3.05) is 26.9 Å². The maximum atomic E-state index is 12.8. The van der Waals surface area contributed by atoms with Crippen molar-refractivity contribution in [1.82, 2.24) is 10.4 Å². The predicted molar refractivity (Wildman–Crippen MR) is 92.2 cm³/mol. The van der Waals surface area contributed by atoms with E-state index in [0.717, 1.165) is 12.0 Å². The molecule has 0 saturated carbocycles. The molecule has 0 radical (unpaired) electrons. The summed E-state index contributed by atoms with van der Waals surface area (Å²) in [5, 5.41) is 5.45. The molecule has 2 unspecified atom stereocenters. The molecule has 0 aliphatic carbocycles. The lowest BCUT2D eigenvalue weighted by Crippen LogP contribution is -2.28. The molecule has 7 nitrogen and oxygen atoms in total. The largest absolute Gasteiger partial charge is 0.379 e. The van der Waals surface area contributed by atoms with Crippen molar-refractivity contribution in [2.24, 2.45) is 0 Å². The Morgan fingerprint density at radius 2 is 2.04 bits per heavy atom. The Hall–Kier alpha value is -1.44. The number of nitrogens with one attached hydrogen (secondary N) is 2. The minimum atomic E-state index is -1.58. The highest BCUT2D eigenvalue weighted by molar-refractivity contribution is 7.45. The van der Waals surface area contributed by atoms with Crippen molar-refractivity contribution in [3.05, 3.63) is 35.6 Å². The van der Waals surface area contributed by atoms with E-state index in [9.17, 15) is 14.0 Å². The van der Waals surface area contributed by atoms with Gasteiger partial charge >= 0.3 is 0 Å². The number of aldehydes is 1. The van der Waals surface area contributed by atoms with E-state index in [-0.39, 0.29) is 37.5 Å². The highest BCUT2D eigenvalue weighted by atomic mass is 31.2. The Bertz CT molecular complexity index is 514. The second kappa shape index (κ2) is 12.9. The number of methoxy groups -OCH3 is 1. The van der Waals surface area contributed by atoms with Crippen molar-refractivity contribution < 1.29 is 27.8 Å². The molecule has 1 rings (SSSR count). The Morgan fingerprint density at radius 1 is 1.32 bits per heavy atom. The fourth-order valence-electron chi connectivity index (χ4n) is 1.71. The summed E-state index contributed by atoms with van der Waals surface area (Å²) < 4.78 is 29.0. The van der Waals surface area contributed by atoms with Gasteiger partial charge in [-0.25, -0.2) is 9.48 Å². The third-order valence-electron chi connectivity index (χ3n) is 3.19. The lowest BCUT2D eigenvalue weighted by molar-refractivity contribution is -0.123. The summed E-state index contributed by atoms with van der Waals surface area (Å²) in [6, 6.07) is 5.84. The average molecular weight is 374 g/mol. The van der Waals surface area contributed by atoms with Crippen molar-refractivity contribution in [2.45, 2.75) is 26.0 Å². The zero-order chi connectivity index (χ0) is 18.5. The van der Waals surface area contributed by atoms with Crippen LogP contribution in [0.5, 0.6) is 0 Å². The van der Waals surface area contributed by atoms with E-state index in [0.29, 0.717) is 12.9 Å². The SMILES string of the molecule is CCC(COP(NCC=O)OCC(=O)NCc1ccc(F)cc1)OC. The molecule has 140 valence electrons. The monoisotopic (exact) mass is 374 g/mol. The molecule has 0 heterocycles. The molecular weight excluding hydrogens is 350 g/mol. The Labute approximate surface area is 148 Å². The smallest absolute Gasteiger partial charge is 0.256 e. The molecule has 0 bridgehead atoms. The number of carbonyl (C=O) groups excluding carboxylic acids is 2. The second-order valence-electron chi connectivity index (χ2n) is 5.02. The van der Waals surface area contributed by atoms with Gasteiger partial charge in [-0.15, -0.1) is 0 Å².